The SMILES string of the molecule is NCCCCC[C@H](NC(=O)CNC(=O)[C@@H](CCCN=C(N)N)NS(=O)(=O)Cc1ccccc1)C(=O)c1ncco1. The lowest BCUT2D eigenvalue weighted by molar-refractivity contribution is -0.127. The lowest BCUT2D eigenvalue weighted by Crippen LogP contribution is -2.51. The molecule has 0 aliphatic carbocycles. The lowest BCUT2D eigenvalue weighted by Gasteiger charge is -2.19. The highest BCUT2D eigenvalue weighted by atomic mass is 32.2. The Kier molecular flexibility index (Phi) is 13.8. The van der Waals surface area contributed by atoms with Gasteiger partial charge in [-0.2, -0.15) is 0 Å². The second-order valence-corrected chi connectivity index (χ2v) is 10.8. The molecule has 40 heavy (non-hydrogen) atoms. The number of Topliss-reactive ketones (excluding diaryl/α,β-unsaturated/α-hetero) is 1. The Hall–Kier alpha value is -3.82. The zero-order valence-corrected chi connectivity index (χ0v) is 23.1. The molecule has 1 aromatic heterocycles. The van der Waals surface area contributed by atoms with Crippen LogP contribution in [0.1, 0.15) is 54.8 Å². The first kappa shape index (κ1) is 32.4. The molecule has 2 amide bonds. The van der Waals surface area contributed by atoms with Crippen LogP contribution in [0.3, 0.4) is 0 Å². The van der Waals surface area contributed by atoms with Crippen molar-refractivity contribution in [3.8, 4) is 0 Å². The fraction of sp³-hybridized carbons (Fsp3) is 0.480. The predicted octanol–water partition coefficient (Wildman–Crippen LogP) is -0.481. The molecule has 1 aromatic carbocycles. The summed E-state index contributed by atoms with van der Waals surface area (Å²) in [5.41, 5.74) is 16.7. The normalized spacial score (nSPS) is 12.7. The van der Waals surface area contributed by atoms with Crippen molar-refractivity contribution < 1.29 is 27.2 Å². The van der Waals surface area contributed by atoms with Gasteiger partial charge in [0.05, 0.1) is 24.5 Å². The van der Waals surface area contributed by atoms with Gasteiger partial charge in [-0.05, 0) is 37.8 Å². The molecule has 14 nitrogen and oxygen atoms in total. The number of hydrogen-bond acceptors (Lipinski definition) is 9. The monoisotopic (exact) mass is 578 g/mol. The summed E-state index contributed by atoms with van der Waals surface area (Å²) >= 11 is 0. The highest BCUT2D eigenvalue weighted by molar-refractivity contribution is 7.88. The van der Waals surface area contributed by atoms with Gasteiger partial charge in [0.15, 0.2) is 5.96 Å². The van der Waals surface area contributed by atoms with Crippen molar-refractivity contribution in [2.75, 3.05) is 19.6 Å². The second kappa shape index (κ2) is 17.0. The van der Waals surface area contributed by atoms with Gasteiger partial charge >= 0.3 is 0 Å². The van der Waals surface area contributed by atoms with Crippen molar-refractivity contribution in [2.24, 2.45) is 22.2 Å². The predicted molar refractivity (Wildman–Crippen MR) is 149 cm³/mol. The molecule has 0 aliphatic rings. The van der Waals surface area contributed by atoms with E-state index in [4.69, 9.17) is 21.6 Å². The zero-order valence-electron chi connectivity index (χ0n) is 22.3. The maximum absolute atomic E-state index is 12.9. The number of benzene rings is 1. The number of ketones is 1. The van der Waals surface area contributed by atoms with Gasteiger partial charge in [-0.3, -0.25) is 19.4 Å². The molecule has 0 bridgehead atoms. The van der Waals surface area contributed by atoms with Gasteiger partial charge in [-0.1, -0.05) is 43.2 Å². The van der Waals surface area contributed by atoms with E-state index in [0.29, 0.717) is 31.4 Å². The quantitative estimate of drug-likeness (QED) is 0.0541. The van der Waals surface area contributed by atoms with E-state index in [1.165, 1.54) is 12.5 Å². The Morgan fingerprint density at radius 2 is 1.73 bits per heavy atom. The molecule has 0 unspecified atom stereocenters. The minimum atomic E-state index is -3.91. The number of carbonyl (C=O) groups is 3. The molecule has 220 valence electrons. The van der Waals surface area contributed by atoms with E-state index >= 15 is 0 Å². The first-order chi connectivity index (χ1) is 19.1. The third-order valence-corrected chi connectivity index (χ3v) is 7.06. The minimum Gasteiger partial charge on any atom is -0.442 e. The summed E-state index contributed by atoms with van der Waals surface area (Å²) in [5, 5.41) is 5.05. The first-order valence-corrected chi connectivity index (χ1v) is 14.6. The number of carbonyl (C=O) groups excluding carboxylic acids is 3. The van der Waals surface area contributed by atoms with Gasteiger partial charge in [0.25, 0.3) is 5.89 Å². The van der Waals surface area contributed by atoms with E-state index in [-0.39, 0.29) is 30.6 Å². The highest BCUT2D eigenvalue weighted by Gasteiger charge is 2.27. The summed E-state index contributed by atoms with van der Waals surface area (Å²) in [6.07, 6.45) is 5.45. The molecule has 9 N–H and O–H groups in total. The van der Waals surface area contributed by atoms with Crippen molar-refractivity contribution in [3.05, 3.63) is 54.2 Å². The van der Waals surface area contributed by atoms with Crippen molar-refractivity contribution in [2.45, 2.75) is 56.4 Å². The third-order valence-electron chi connectivity index (χ3n) is 5.70. The number of hydrogen-bond donors (Lipinski definition) is 6. The molecule has 2 aromatic rings. The standard InChI is InChI=1S/C25H38N8O6S/c26-12-6-2-5-10-19(22(35)24-29-14-15-39-24)32-21(34)16-31-23(36)20(11-7-13-30-25(27)28)33-40(37,38)17-18-8-3-1-4-9-18/h1,3-4,8-9,14-15,19-20,33H,2,5-7,10-13,16-17,26H2,(H,31,36)(H,32,34)(H4,27,28,30)/t19-,20+/m0/s1. The molecule has 0 aliphatic heterocycles. The van der Waals surface area contributed by atoms with Gasteiger partial charge in [0.1, 0.15) is 12.3 Å². The minimum absolute atomic E-state index is 0.0741. The fourth-order valence-electron chi connectivity index (χ4n) is 3.77. The van der Waals surface area contributed by atoms with Gasteiger partial charge in [0.2, 0.25) is 27.6 Å². The number of unbranched alkanes of at least 4 members (excludes halogenated alkanes) is 2. The van der Waals surface area contributed by atoms with Crippen LogP contribution in [0.5, 0.6) is 0 Å². The molecule has 0 saturated heterocycles. The van der Waals surface area contributed by atoms with Gasteiger partial charge in [-0.25, -0.2) is 18.1 Å². The van der Waals surface area contributed by atoms with Crippen molar-refractivity contribution in [1.82, 2.24) is 20.3 Å². The summed E-state index contributed by atoms with van der Waals surface area (Å²) in [7, 11) is -3.91. The zero-order chi connectivity index (χ0) is 29.4. The lowest BCUT2D eigenvalue weighted by atomic mass is 10.0. The second-order valence-electron chi connectivity index (χ2n) is 9.04. The molecular weight excluding hydrogens is 540 g/mol. The molecule has 0 saturated carbocycles. The number of sulfonamides is 1. The average molecular weight is 579 g/mol. The summed E-state index contributed by atoms with van der Waals surface area (Å²) < 4.78 is 33.0. The number of aromatic nitrogens is 1. The van der Waals surface area contributed by atoms with E-state index in [1.807, 2.05) is 0 Å². The third kappa shape index (κ3) is 12.4. The van der Waals surface area contributed by atoms with Crippen molar-refractivity contribution in [1.29, 1.82) is 0 Å². The van der Waals surface area contributed by atoms with E-state index in [0.717, 1.165) is 12.8 Å². The highest BCUT2D eigenvalue weighted by Crippen LogP contribution is 2.10. The van der Waals surface area contributed by atoms with Gasteiger partial charge in [-0.15, -0.1) is 0 Å². The largest absolute Gasteiger partial charge is 0.442 e. The summed E-state index contributed by atoms with van der Waals surface area (Å²) in [6, 6.07) is 6.39. The van der Waals surface area contributed by atoms with Crippen LogP contribution in [0.15, 0.2) is 52.2 Å². The molecule has 0 radical (unpaired) electrons. The maximum atomic E-state index is 12.9. The van der Waals surface area contributed by atoms with Crippen LogP contribution in [0.2, 0.25) is 0 Å². The van der Waals surface area contributed by atoms with Crippen molar-refractivity contribution in [3.63, 3.8) is 0 Å². The molecule has 0 fully saturated rings. The average Bonchev–Trinajstić information content (AvgIpc) is 3.45. The van der Waals surface area contributed by atoms with Crippen LogP contribution >= 0.6 is 0 Å². The van der Waals surface area contributed by atoms with E-state index in [9.17, 15) is 22.8 Å². The molecule has 1 heterocycles. The van der Waals surface area contributed by atoms with Crippen LogP contribution in [0, 0.1) is 0 Å². The van der Waals surface area contributed by atoms with Crippen LogP contribution in [0.4, 0.5) is 0 Å². The first-order valence-electron chi connectivity index (χ1n) is 12.9. The number of rotatable bonds is 19. The number of guanidine groups is 1. The fourth-order valence-corrected chi connectivity index (χ4v) is 5.14. The number of amides is 2. The molecule has 2 rings (SSSR count). The van der Waals surface area contributed by atoms with E-state index in [2.05, 4.69) is 25.3 Å². The van der Waals surface area contributed by atoms with Crippen LogP contribution in [-0.4, -0.2) is 68.7 Å². The molecular formula is C25H38N8O6S. The van der Waals surface area contributed by atoms with Crippen LogP contribution in [-0.2, 0) is 25.4 Å². The van der Waals surface area contributed by atoms with Crippen LogP contribution < -0.4 is 32.6 Å². The summed E-state index contributed by atoms with van der Waals surface area (Å²) in [4.78, 5) is 46.1. The number of oxazole rings is 1. The topological polar surface area (TPSA) is 238 Å². The van der Waals surface area contributed by atoms with Gasteiger partial charge in [0, 0.05) is 6.54 Å². The summed E-state index contributed by atoms with van der Waals surface area (Å²) in [5.74, 6) is -2.44. The number of nitrogens with zero attached hydrogens (tertiary/aromatic N) is 2. The smallest absolute Gasteiger partial charge is 0.265 e. The Labute approximate surface area is 233 Å². The van der Waals surface area contributed by atoms with E-state index in [1.54, 1.807) is 30.3 Å². The number of nitrogens with two attached hydrogens (primary N) is 3. The Bertz CT molecular complexity index is 1200. The van der Waals surface area contributed by atoms with E-state index < -0.39 is 46.2 Å². The Morgan fingerprint density at radius 1 is 1.00 bits per heavy atom. The van der Waals surface area contributed by atoms with Crippen LogP contribution in [0.25, 0.3) is 0 Å². The molecule has 15 heteroatoms. The number of aliphatic imine (C=N–C) groups is 1. The molecule has 0 spiro atoms. The molecule has 2 atom stereocenters. The number of nitrogens with one attached hydrogen (secondary N) is 3. The Balaban J connectivity index is 2.02. The Morgan fingerprint density at radius 3 is 2.38 bits per heavy atom. The van der Waals surface area contributed by atoms with Gasteiger partial charge < -0.3 is 32.3 Å². The summed E-state index contributed by atoms with van der Waals surface area (Å²) in [6.45, 7) is 0.211. The maximum Gasteiger partial charge on any atom is 0.265 e. The van der Waals surface area contributed by atoms with Crippen molar-refractivity contribution >= 4 is 33.6 Å².